The molecule has 0 saturated carbocycles. The molecule has 1 aromatic carbocycles. The van der Waals surface area contributed by atoms with Crippen LogP contribution >= 0.6 is 0 Å². The number of H-pyrrole nitrogens is 1. The lowest BCUT2D eigenvalue weighted by Gasteiger charge is -2.01. The SMILES string of the molecule is COc1ccc2[nH]c(=O)c(F)cc2c1. The van der Waals surface area contributed by atoms with Crippen LogP contribution in [-0.4, -0.2) is 12.1 Å². The molecular weight excluding hydrogens is 185 g/mol. The predicted octanol–water partition coefficient (Wildman–Crippen LogP) is 1.68. The summed E-state index contributed by atoms with van der Waals surface area (Å²) in [7, 11) is 1.53. The second-order valence-corrected chi connectivity index (χ2v) is 2.90. The number of aromatic nitrogens is 1. The van der Waals surface area contributed by atoms with Gasteiger partial charge in [-0.2, -0.15) is 0 Å². The molecule has 0 radical (unpaired) electrons. The Balaban J connectivity index is 2.77. The summed E-state index contributed by atoms with van der Waals surface area (Å²) in [6, 6.07) is 6.23. The Kier molecular flexibility index (Phi) is 1.96. The molecule has 0 fully saturated rings. The van der Waals surface area contributed by atoms with E-state index in [2.05, 4.69) is 4.98 Å². The zero-order valence-corrected chi connectivity index (χ0v) is 7.50. The minimum absolute atomic E-state index is 0.595. The van der Waals surface area contributed by atoms with Crippen molar-refractivity contribution in [3.63, 3.8) is 0 Å². The van der Waals surface area contributed by atoms with Gasteiger partial charge in [-0.3, -0.25) is 4.79 Å². The van der Waals surface area contributed by atoms with Gasteiger partial charge in [0, 0.05) is 10.9 Å². The molecule has 0 aliphatic rings. The van der Waals surface area contributed by atoms with Crippen LogP contribution in [-0.2, 0) is 0 Å². The van der Waals surface area contributed by atoms with Gasteiger partial charge < -0.3 is 9.72 Å². The van der Waals surface area contributed by atoms with Gasteiger partial charge in [-0.15, -0.1) is 0 Å². The lowest BCUT2D eigenvalue weighted by atomic mass is 10.2. The van der Waals surface area contributed by atoms with E-state index in [-0.39, 0.29) is 0 Å². The molecule has 14 heavy (non-hydrogen) atoms. The van der Waals surface area contributed by atoms with Gasteiger partial charge in [0.2, 0.25) is 0 Å². The number of hydrogen-bond acceptors (Lipinski definition) is 2. The molecule has 0 atom stereocenters. The number of aromatic amines is 1. The van der Waals surface area contributed by atoms with Crippen LogP contribution in [0.2, 0.25) is 0 Å². The van der Waals surface area contributed by atoms with Crippen molar-refractivity contribution < 1.29 is 9.13 Å². The first-order chi connectivity index (χ1) is 6.70. The average Bonchev–Trinajstić information content (AvgIpc) is 2.19. The summed E-state index contributed by atoms with van der Waals surface area (Å²) in [5, 5.41) is 0.612. The maximum atomic E-state index is 12.9. The van der Waals surface area contributed by atoms with Crippen molar-refractivity contribution in [3.8, 4) is 5.75 Å². The van der Waals surface area contributed by atoms with Gasteiger partial charge in [-0.1, -0.05) is 0 Å². The van der Waals surface area contributed by atoms with E-state index in [0.717, 1.165) is 0 Å². The Morgan fingerprint density at radius 2 is 2.14 bits per heavy atom. The summed E-state index contributed by atoms with van der Waals surface area (Å²) in [6.07, 6.45) is 0. The monoisotopic (exact) mass is 193 g/mol. The first-order valence-electron chi connectivity index (χ1n) is 4.07. The van der Waals surface area contributed by atoms with Crippen LogP contribution in [0.15, 0.2) is 29.1 Å². The molecule has 3 nitrogen and oxygen atoms in total. The van der Waals surface area contributed by atoms with E-state index in [1.165, 1.54) is 13.2 Å². The molecule has 2 aromatic rings. The van der Waals surface area contributed by atoms with Gasteiger partial charge in [0.1, 0.15) is 5.75 Å². The standard InChI is InChI=1S/C10H8FNO2/c1-14-7-2-3-9-6(4-7)5-8(11)10(13)12-9/h2-5H,1H3,(H,12,13). The number of halogens is 1. The molecule has 1 N–H and O–H groups in total. The number of methoxy groups -OCH3 is 1. The smallest absolute Gasteiger partial charge is 0.284 e. The van der Waals surface area contributed by atoms with Crippen molar-refractivity contribution in [2.45, 2.75) is 0 Å². The summed E-state index contributed by atoms with van der Waals surface area (Å²) < 4.78 is 17.9. The van der Waals surface area contributed by atoms with Crippen LogP contribution in [0.4, 0.5) is 4.39 Å². The fraction of sp³-hybridized carbons (Fsp3) is 0.100. The topological polar surface area (TPSA) is 42.1 Å². The fourth-order valence-corrected chi connectivity index (χ4v) is 1.29. The van der Waals surface area contributed by atoms with E-state index < -0.39 is 11.4 Å². The second kappa shape index (κ2) is 3.14. The lowest BCUT2D eigenvalue weighted by Crippen LogP contribution is -2.09. The number of hydrogen-bond donors (Lipinski definition) is 1. The molecule has 0 bridgehead atoms. The van der Waals surface area contributed by atoms with Crippen LogP contribution in [0.1, 0.15) is 0 Å². The van der Waals surface area contributed by atoms with Crippen molar-refractivity contribution in [2.75, 3.05) is 7.11 Å². The Morgan fingerprint density at radius 1 is 1.36 bits per heavy atom. The van der Waals surface area contributed by atoms with Crippen molar-refractivity contribution in [1.82, 2.24) is 4.98 Å². The number of fused-ring (bicyclic) bond motifs is 1. The van der Waals surface area contributed by atoms with E-state index in [1.54, 1.807) is 18.2 Å². The summed E-state index contributed by atoms with van der Waals surface area (Å²) >= 11 is 0. The van der Waals surface area contributed by atoms with Gasteiger partial charge in [0.05, 0.1) is 7.11 Å². The van der Waals surface area contributed by atoms with Crippen LogP contribution in [0.25, 0.3) is 10.9 Å². The van der Waals surface area contributed by atoms with Gasteiger partial charge >= 0.3 is 0 Å². The number of benzene rings is 1. The van der Waals surface area contributed by atoms with Crippen LogP contribution in [0.5, 0.6) is 5.75 Å². The van der Waals surface area contributed by atoms with Gasteiger partial charge in [-0.05, 0) is 24.3 Å². The van der Waals surface area contributed by atoms with Crippen molar-refractivity contribution in [2.24, 2.45) is 0 Å². The van der Waals surface area contributed by atoms with Gasteiger partial charge in [0.25, 0.3) is 5.56 Å². The van der Waals surface area contributed by atoms with Crippen LogP contribution in [0.3, 0.4) is 0 Å². The average molecular weight is 193 g/mol. The summed E-state index contributed by atoms with van der Waals surface area (Å²) in [5.74, 6) is -0.158. The van der Waals surface area contributed by atoms with E-state index in [0.29, 0.717) is 16.7 Å². The maximum absolute atomic E-state index is 12.9. The third-order valence-electron chi connectivity index (χ3n) is 2.01. The third kappa shape index (κ3) is 1.35. The van der Waals surface area contributed by atoms with Crippen molar-refractivity contribution in [1.29, 1.82) is 0 Å². The van der Waals surface area contributed by atoms with Crippen molar-refractivity contribution >= 4 is 10.9 Å². The highest BCUT2D eigenvalue weighted by Crippen LogP contribution is 2.18. The van der Waals surface area contributed by atoms with Gasteiger partial charge in [0.15, 0.2) is 5.82 Å². The molecule has 0 aliphatic heterocycles. The first-order valence-corrected chi connectivity index (χ1v) is 4.07. The molecule has 0 aliphatic carbocycles. The molecule has 0 spiro atoms. The normalized spacial score (nSPS) is 10.4. The number of pyridine rings is 1. The fourth-order valence-electron chi connectivity index (χ4n) is 1.29. The quantitative estimate of drug-likeness (QED) is 0.748. The minimum atomic E-state index is -0.786. The van der Waals surface area contributed by atoms with Crippen LogP contribution < -0.4 is 10.3 Å². The summed E-state index contributed by atoms with van der Waals surface area (Å²) in [5.41, 5.74) is -0.111. The molecule has 72 valence electrons. The molecule has 4 heteroatoms. The Morgan fingerprint density at radius 3 is 2.86 bits per heavy atom. The summed E-state index contributed by atoms with van der Waals surface area (Å²) in [6.45, 7) is 0. The predicted molar refractivity (Wildman–Crippen MR) is 51.1 cm³/mol. The molecular formula is C10H8FNO2. The third-order valence-corrected chi connectivity index (χ3v) is 2.01. The maximum Gasteiger partial charge on any atom is 0.284 e. The number of nitrogens with one attached hydrogen (secondary N) is 1. The highest BCUT2D eigenvalue weighted by Gasteiger charge is 2.02. The number of rotatable bonds is 1. The van der Waals surface area contributed by atoms with E-state index in [9.17, 15) is 9.18 Å². The number of ether oxygens (including phenoxy) is 1. The highest BCUT2D eigenvalue weighted by atomic mass is 19.1. The van der Waals surface area contributed by atoms with E-state index in [4.69, 9.17) is 4.74 Å². The Labute approximate surface area is 79.1 Å². The lowest BCUT2D eigenvalue weighted by molar-refractivity contribution is 0.415. The molecule has 0 saturated heterocycles. The molecule has 1 aromatic heterocycles. The summed E-state index contributed by atoms with van der Waals surface area (Å²) in [4.78, 5) is 13.3. The molecule has 1 heterocycles. The zero-order valence-electron chi connectivity index (χ0n) is 7.50. The first kappa shape index (κ1) is 8.74. The largest absolute Gasteiger partial charge is 0.497 e. The molecule has 0 amide bonds. The van der Waals surface area contributed by atoms with E-state index >= 15 is 0 Å². The Hall–Kier alpha value is -1.84. The zero-order chi connectivity index (χ0) is 10.1. The second-order valence-electron chi connectivity index (χ2n) is 2.90. The highest BCUT2D eigenvalue weighted by molar-refractivity contribution is 5.79. The van der Waals surface area contributed by atoms with Gasteiger partial charge in [-0.25, -0.2) is 4.39 Å². The molecule has 0 unspecified atom stereocenters. The van der Waals surface area contributed by atoms with Crippen LogP contribution in [0, 0.1) is 5.82 Å². The minimum Gasteiger partial charge on any atom is -0.497 e. The van der Waals surface area contributed by atoms with Crippen molar-refractivity contribution in [3.05, 3.63) is 40.4 Å². The Bertz CT molecular complexity index is 533. The van der Waals surface area contributed by atoms with E-state index in [1.807, 2.05) is 0 Å². The molecule has 2 rings (SSSR count).